The van der Waals surface area contributed by atoms with Crippen LogP contribution in [0.5, 0.6) is 0 Å². The molecular weight excluding hydrogens is 188 g/mol. The Hall–Kier alpha value is -1.35. The van der Waals surface area contributed by atoms with Crippen molar-refractivity contribution in [1.29, 1.82) is 0 Å². The third-order valence-electron chi connectivity index (χ3n) is 2.75. The minimum Gasteiger partial charge on any atom is -0.287 e. The summed E-state index contributed by atoms with van der Waals surface area (Å²) in [6.45, 7) is 4.02. The number of hydroxylamine groups is 2. The van der Waals surface area contributed by atoms with Gasteiger partial charge in [-0.2, -0.15) is 0 Å². The monoisotopic (exact) mass is 204 g/mol. The highest BCUT2D eigenvalue weighted by molar-refractivity contribution is 5.39. The van der Waals surface area contributed by atoms with Crippen LogP contribution in [0, 0.1) is 0 Å². The molecule has 2 rings (SSSR count). The van der Waals surface area contributed by atoms with E-state index >= 15 is 0 Å². The Labute approximate surface area is 89.3 Å². The molecule has 1 aliphatic rings. The lowest BCUT2D eigenvalue weighted by molar-refractivity contribution is -0.0714. The van der Waals surface area contributed by atoms with Crippen LogP contribution in [0.15, 0.2) is 29.3 Å². The Kier molecular flexibility index (Phi) is 2.73. The van der Waals surface area contributed by atoms with E-state index in [1.165, 1.54) is 5.06 Å². The molecule has 0 saturated carbocycles. The SMILES string of the molecule is CCCC1N=c2ccccc2=C(C)N1O. The number of para-hydroxylation sites is 1. The molecule has 0 bridgehead atoms. The first kappa shape index (κ1) is 10.2. The molecule has 3 nitrogen and oxygen atoms in total. The summed E-state index contributed by atoms with van der Waals surface area (Å²) in [5, 5.41) is 13.2. The first-order valence-corrected chi connectivity index (χ1v) is 5.36. The highest BCUT2D eigenvalue weighted by Gasteiger charge is 2.18. The van der Waals surface area contributed by atoms with Gasteiger partial charge in [-0.15, -0.1) is 0 Å². The third-order valence-corrected chi connectivity index (χ3v) is 2.75. The molecule has 1 aromatic carbocycles. The van der Waals surface area contributed by atoms with Gasteiger partial charge in [-0.05, 0) is 19.4 Å². The smallest absolute Gasteiger partial charge is 0.146 e. The van der Waals surface area contributed by atoms with Crippen molar-refractivity contribution in [1.82, 2.24) is 5.06 Å². The maximum absolute atomic E-state index is 9.92. The van der Waals surface area contributed by atoms with E-state index in [4.69, 9.17) is 0 Å². The van der Waals surface area contributed by atoms with Gasteiger partial charge < -0.3 is 0 Å². The fourth-order valence-corrected chi connectivity index (χ4v) is 1.90. The van der Waals surface area contributed by atoms with Crippen LogP contribution in [0.25, 0.3) is 5.70 Å². The maximum Gasteiger partial charge on any atom is 0.146 e. The minimum absolute atomic E-state index is 0.120. The number of hydrogen-bond donors (Lipinski definition) is 1. The number of nitrogens with zero attached hydrogens (tertiary/aromatic N) is 2. The highest BCUT2D eigenvalue weighted by Crippen LogP contribution is 2.13. The summed E-state index contributed by atoms with van der Waals surface area (Å²) in [5.41, 5.74) is 0.888. The van der Waals surface area contributed by atoms with E-state index in [1.54, 1.807) is 0 Å². The van der Waals surface area contributed by atoms with Gasteiger partial charge >= 0.3 is 0 Å². The summed E-state index contributed by atoms with van der Waals surface area (Å²) >= 11 is 0. The van der Waals surface area contributed by atoms with E-state index in [9.17, 15) is 5.21 Å². The van der Waals surface area contributed by atoms with Gasteiger partial charge in [0.2, 0.25) is 0 Å². The fourth-order valence-electron chi connectivity index (χ4n) is 1.90. The normalized spacial score (nSPS) is 19.8. The van der Waals surface area contributed by atoms with Crippen LogP contribution in [0.1, 0.15) is 26.7 Å². The Bertz CT molecular complexity index is 467. The summed E-state index contributed by atoms with van der Waals surface area (Å²) in [7, 11) is 0. The lowest BCUT2D eigenvalue weighted by Crippen LogP contribution is -2.43. The summed E-state index contributed by atoms with van der Waals surface area (Å²) in [4.78, 5) is 4.52. The van der Waals surface area contributed by atoms with Gasteiger partial charge in [0.05, 0.1) is 5.36 Å². The molecule has 1 atom stereocenters. The molecule has 0 aliphatic carbocycles. The van der Waals surface area contributed by atoms with Crippen molar-refractivity contribution in [2.24, 2.45) is 4.99 Å². The second-order valence-corrected chi connectivity index (χ2v) is 3.85. The summed E-state index contributed by atoms with van der Waals surface area (Å²) < 4.78 is 0. The highest BCUT2D eigenvalue weighted by atomic mass is 16.5. The largest absolute Gasteiger partial charge is 0.287 e. The van der Waals surface area contributed by atoms with E-state index < -0.39 is 0 Å². The molecule has 1 heterocycles. The van der Waals surface area contributed by atoms with E-state index in [2.05, 4.69) is 11.9 Å². The topological polar surface area (TPSA) is 35.8 Å². The molecule has 15 heavy (non-hydrogen) atoms. The molecule has 80 valence electrons. The molecule has 0 spiro atoms. The van der Waals surface area contributed by atoms with Crippen molar-refractivity contribution < 1.29 is 5.21 Å². The molecule has 0 saturated heterocycles. The van der Waals surface area contributed by atoms with Gasteiger partial charge in [-0.3, -0.25) is 10.2 Å². The van der Waals surface area contributed by atoms with Crippen molar-refractivity contribution in [3.8, 4) is 0 Å². The number of benzene rings is 1. The summed E-state index contributed by atoms with van der Waals surface area (Å²) in [6, 6.07) is 7.92. The van der Waals surface area contributed by atoms with Gasteiger partial charge in [-0.1, -0.05) is 31.5 Å². The molecular formula is C12H16N2O. The van der Waals surface area contributed by atoms with Crippen LogP contribution in [0.4, 0.5) is 0 Å². The Morgan fingerprint density at radius 1 is 1.40 bits per heavy atom. The molecule has 1 unspecified atom stereocenters. The van der Waals surface area contributed by atoms with E-state index in [0.29, 0.717) is 0 Å². The Balaban J connectivity index is 2.56. The quantitative estimate of drug-likeness (QED) is 0.787. The van der Waals surface area contributed by atoms with Crippen LogP contribution < -0.4 is 10.6 Å². The van der Waals surface area contributed by atoms with Gasteiger partial charge in [-0.25, -0.2) is 5.06 Å². The average molecular weight is 204 g/mol. The van der Waals surface area contributed by atoms with Crippen LogP contribution in [0.3, 0.4) is 0 Å². The molecule has 1 aliphatic heterocycles. The predicted molar refractivity (Wildman–Crippen MR) is 58.6 cm³/mol. The Morgan fingerprint density at radius 3 is 2.87 bits per heavy atom. The van der Waals surface area contributed by atoms with Crippen LogP contribution in [0.2, 0.25) is 0 Å². The zero-order valence-corrected chi connectivity index (χ0v) is 9.14. The standard InChI is InChI=1S/C12H16N2O/c1-3-6-12-13-11-8-5-4-7-10(11)9(2)14(12)15/h4-5,7-8,12,15H,3,6H2,1-2H3. The van der Waals surface area contributed by atoms with Crippen LogP contribution in [-0.2, 0) is 0 Å². The minimum atomic E-state index is -0.120. The lowest BCUT2D eigenvalue weighted by Gasteiger charge is -2.27. The van der Waals surface area contributed by atoms with E-state index in [1.807, 2.05) is 31.2 Å². The zero-order chi connectivity index (χ0) is 10.8. The van der Waals surface area contributed by atoms with Gasteiger partial charge in [0.25, 0.3) is 0 Å². The van der Waals surface area contributed by atoms with Crippen molar-refractivity contribution in [2.75, 3.05) is 0 Å². The molecule has 0 fully saturated rings. The van der Waals surface area contributed by atoms with Gasteiger partial charge in [0.1, 0.15) is 6.17 Å². The average Bonchev–Trinajstić information content (AvgIpc) is 2.26. The first-order chi connectivity index (χ1) is 7.24. The molecule has 1 aromatic rings. The van der Waals surface area contributed by atoms with Crippen LogP contribution >= 0.6 is 0 Å². The number of hydrogen-bond acceptors (Lipinski definition) is 3. The number of rotatable bonds is 2. The van der Waals surface area contributed by atoms with E-state index in [-0.39, 0.29) is 6.17 Å². The van der Waals surface area contributed by atoms with Gasteiger partial charge in [0, 0.05) is 10.9 Å². The summed E-state index contributed by atoms with van der Waals surface area (Å²) in [6.07, 6.45) is 1.77. The molecule has 0 amide bonds. The van der Waals surface area contributed by atoms with Crippen LogP contribution in [-0.4, -0.2) is 16.4 Å². The van der Waals surface area contributed by atoms with E-state index in [0.717, 1.165) is 29.1 Å². The molecule has 3 heteroatoms. The molecule has 0 aromatic heterocycles. The van der Waals surface area contributed by atoms with Crippen molar-refractivity contribution >= 4 is 5.70 Å². The second-order valence-electron chi connectivity index (χ2n) is 3.85. The number of fused-ring (bicyclic) bond motifs is 1. The van der Waals surface area contributed by atoms with Gasteiger partial charge in [0.15, 0.2) is 0 Å². The third kappa shape index (κ3) is 1.75. The molecule has 1 N–H and O–H groups in total. The Morgan fingerprint density at radius 2 is 2.13 bits per heavy atom. The van der Waals surface area contributed by atoms with Crippen molar-refractivity contribution in [2.45, 2.75) is 32.9 Å². The lowest BCUT2D eigenvalue weighted by atomic mass is 10.1. The first-order valence-electron chi connectivity index (χ1n) is 5.36. The van der Waals surface area contributed by atoms with Crippen molar-refractivity contribution in [3.63, 3.8) is 0 Å². The summed E-state index contributed by atoms with van der Waals surface area (Å²) in [5.74, 6) is 0. The maximum atomic E-state index is 9.92. The molecule has 0 radical (unpaired) electrons. The second kappa shape index (κ2) is 4.03. The zero-order valence-electron chi connectivity index (χ0n) is 9.14. The fraction of sp³-hybridized carbons (Fsp3) is 0.417. The van der Waals surface area contributed by atoms with Crippen molar-refractivity contribution in [3.05, 3.63) is 34.8 Å². The predicted octanol–water partition coefficient (Wildman–Crippen LogP) is 1.27.